The van der Waals surface area contributed by atoms with Crippen LogP contribution < -0.4 is 5.73 Å². The van der Waals surface area contributed by atoms with E-state index in [1.165, 1.54) is 0 Å². The van der Waals surface area contributed by atoms with Gasteiger partial charge >= 0.3 is 5.97 Å². The van der Waals surface area contributed by atoms with E-state index in [9.17, 15) is 4.79 Å². The lowest BCUT2D eigenvalue weighted by Crippen LogP contribution is -2.44. The van der Waals surface area contributed by atoms with E-state index in [1.807, 2.05) is 18.7 Å². The van der Waals surface area contributed by atoms with Crippen LogP contribution in [0.2, 0.25) is 0 Å². The number of hydrogen-bond acceptors (Lipinski definition) is 4. The molecule has 5 heteroatoms. The highest BCUT2D eigenvalue weighted by Gasteiger charge is 2.21. The molecular weight excluding hydrogens is 212 g/mol. The van der Waals surface area contributed by atoms with Crippen molar-refractivity contribution in [3.8, 4) is 0 Å². The van der Waals surface area contributed by atoms with Crippen molar-refractivity contribution in [2.24, 2.45) is 5.73 Å². The van der Waals surface area contributed by atoms with E-state index in [4.69, 9.17) is 22.7 Å². The van der Waals surface area contributed by atoms with Gasteiger partial charge in [-0.25, -0.2) is 0 Å². The van der Waals surface area contributed by atoms with Gasteiger partial charge in [-0.2, -0.15) is 0 Å². The third-order valence-corrected chi connectivity index (χ3v) is 2.17. The maximum atomic E-state index is 11.5. The van der Waals surface area contributed by atoms with Gasteiger partial charge < -0.3 is 10.5 Å². The van der Waals surface area contributed by atoms with Crippen LogP contribution in [0.15, 0.2) is 0 Å². The molecule has 0 spiro atoms. The summed E-state index contributed by atoms with van der Waals surface area (Å²) in [7, 11) is 0. The zero-order chi connectivity index (χ0) is 11.8. The van der Waals surface area contributed by atoms with Crippen molar-refractivity contribution in [3.05, 3.63) is 0 Å². The minimum atomic E-state index is -0.286. The third kappa shape index (κ3) is 5.69. The molecule has 15 heavy (non-hydrogen) atoms. The Morgan fingerprint density at radius 3 is 2.53 bits per heavy atom. The van der Waals surface area contributed by atoms with Crippen LogP contribution in [0, 0.1) is 0 Å². The molecule has 0 bridgehead atoms. The number of esters is 1. The van der Waals surface area contributed by atoms with Crippen LogP contribution in [0.1, 0.15) is 27.2 Å². The average Bonchev–Trinajstić information content (AvgIpc) is 2.16. The number of nitrogens with two attached hydrogens (primary N) is 1. The van der Waals surface area contributed by atoms with Crippen molar-refractivity contribution in [2.45, 2.75) is 33.2 Å². The standard InChI is InChI=1S/C10H20N2O2S/c1-4-6-12(7-9(11)15)8(3)10(13)14-5-2/h8H,4-7H2,1-3H3,(H2,11,15). The average molecular weight is 232 g/mol. The molecular formula is C10H20N2O2S. The van der Waals surface area contributed by atoms with Crippen molar-refractivity contribution >= 4 is 23.2 Å². The summed E-state index contributed by atoms with van der Waals surface area (Å²) in [5.74, 6) is -0.220. The Labute approximate surface area is 96.8 Å². The Balaban J connectivity index is 4.32. The zero-order valence-corrected chi connectivity index (χ0v) is 10.5. The second-order valence-electron chi connectivity index (χ2n) is 3.36. The normalized spacial score (nSPS) is 12.5. The Morgan fingerprint density at radius 1 is 1.53 bits per heavy atom. The van der Waals surface area contributed by atoms with E-state index < -0.39 is 0 Å². The van der Waals surface area contributed by atoms with E-state index in [0.29, 0.717) is 18.1 Å². The lowest BCUT2D eigenvalue weighted by molar-refractivity contribution is -0.148. The van der Waals surface area contributed by atoms with Gasteiger partial charge in [-0.15, -0.1) is 0 Å². The molecule has 88 valence electrons. The smallest absolute Gasteiger partial charge is 0.323 e. The number of carbonyl (C=O) groups excluding carboxylic acids is 1. The molecule has 0 saturated heterocycles. The van der Waals surface area contributed by atoms with Gasteiger partial charge in [-0.3, -0.25) is 9.69 Å². The summed E-state index contributed by atoms with van der Waals surface area (Å²) in [6.07, 6.45) is 0.951. The lowest BCUT2D eigenvalue weighted by Gasteiger charge is -2.26. The fourth-order valence-corrected chi connectivity index (χ4v) is 1.47. The van der Waals surface area contributed by atoms with Crippen LogP contribution in [0.5, 0.6) is 0 Å². The molecule has 0 rings (SSSR count). The predicted octanol–water partition coefficient (Wildman–Crippen LogP) is 0.936. The van der Waals surface area contributed by atoms with Crippen LogP contribution in [0.4, 0.5) is 0 Å². The molecule has 0 heterocycles. The van der Waals surface area contributed by atoms with Gasteiger partial charge in [0.25, 0.3) is 0 Å². The van der Waals surface area contributed by atoms with Crippen molar-refractivity contribution in [1.29, 1.82) is 0 Å². The predicted molar refractivity (Wildman–Crippen MR) is 64.7 cm³/mol. The summed E-state index contributed by atoms with van der Waals surface area (Å²) in [5, 5.41) is 0. The van der Waals surface area contributed by atoms with Gasteiger partial charge in [0.2, 0.25) is 0 Å². The number of thiocarbonyl (C=S) groups is 1. The molecule has 0 fully saturated rings. The molecule has 0 amide bonds. The quantitative estimate of drug-likeness (QED) is 0.523. The molecule has 0 aliphatic rings. The van der Waals surface area contributed by atoms with Crippen LogP contribution in [0.25, 0.3) is 0 Å². The highest BCUT2D eigenvalue weighted by molar-refractivity contribution is 7.80. The summed E-state index contributed by atoms with van der Waals surface area (Å²) >= 11 is 4.84. The molecule has 0 aromatic carbocycles. The Hall–Kier alpha value is -0.680. The van der Waals surface area contributed by atoms with Crippen molar-refractivity contribution in [3.63, 3.8) is 0 Å². The first-order chi connectivity index (χ1) is 7.02. The molecule has 0 aromatic rings. The van der Waals surface area contributed by atoms with Gasteiger partial charge in [0.1, 0.15) is 6.04 Å². The third-order valence-electron chi connectivity index (χ3n) is 2.05. The second-order valence-corrected chi connectivity index (χ2v) is 3.89. The Bertz CT molecular complexity index is 221. The van der Waals surface area contributed by atoms with E-state index in [0.717, 1.165) is 13.0 Å². The molecule has 0 aromatic heterocycles. The van der Waals surface area contributed by atoms with E-state index in [1.54, 1.807) is 6.92 Å². The molecule has 2 N–H and O–H groups in total. The van der Waals surface area contributed by atoms with Crippen LogP contribution >= 0.6 is 12.2 Å². The van der Waals surface area contributed by atoms with E-state index in [-0.39, 0.29) is 12.0 Å². The molecule has 0 radical (unpaired) electrons. The summed E-state index contributed by atoms with van der Waals surface area (Å²) in [6, 6.07) is -0.286. The lowest BCUT2D eigenvalue weighted by atomic mass is 10.2. The van der Waals surface area contributed by atoms with Gasteiger partial charge in [0.05, 0.1) is 11.6 Å². The minimum absolute atomic E-state index is 0.220. The SMILES string of the molecule is CCCN(CC(N)=S)C(C)C(=O)OCC. The number of ether oxygens (including phenoxy) is 1. The first-order valence-electron chi connectivity index (χ1n) is 5.21. The van der Waals surface area contributed by atoms with Crippen LogP contribution in [-0.2, 0) is 9.53 Å². The van der Waals surface area contributed by atoms with Crippen molar-refractivity contribution in [2.75, 3.05) is 19.7 Å². The maximum Gasteiger partial charge on any atom is 0.323 e. The fourth-order valence-electron chi connectivity index (χ4n) is 1.31. The Morgan fingerprint density at radius 2 is 2.13 bits per heavy atom. The Kier molecular flexibility index (Phi) is 7.25. The zero-order valence-electron chi connectivity index (χ0n) is 9.66. The molecule has 0 aliphatic heterocycles. The number of nitrogens with zero attached hydrogens (tertiary/aromatic N) is 1. The number of rotatable bonds is 7. The monoisotopic (exact) mass is 232 g/mol. The van der Waals surface area contributed by atoms with Crippen molar-refractivity contribution in [1.82, 2.24) is 4.90 Å². The summed E-state index contributed by atoms with van der Waals surface area (Å²) in [5.41, 5.74) is 5.47. The first-order valence-corrected chi connectivity index (χ1v) is 5.62. The summed E-state index contributed by atoms with van der Waals surface area (Å²) in [6.45, 7) is 7.30. The highest BCUT2D eigenvalue weighted by atomic mass is 32.1. The molecule has 1 unspecified atom stereocenters. The molecule has 1 atom stereocenters. The highest BCUT2D eigenvalue weighted by Crippen LogP contribution is 2.02. The second kappa shape index (κ2) is 7.59. The van der Waals surface area contributed by atoms with E-state index in [2.05, 4.69) is 0 Å². The molecule has 0 saturated carbocycles. The first kappa shape index (κ1) is 14.3. The number of carbonyl (C=O) groups is 1. The fraction of sp³-hybridized carbons (Fsp3) is 0.800. The van der Waals surface area contributed by atoms with Crippen molar-refractivity contribution < 1.29 is 9.53 Å². The van der Waals surface area contributed by atoms with Crippen LogP contribution in [0.3, 0.4) is 0 Å². The maximum absolute atomic E-state index is 11.5. The topological polar surface area (TPSA) is 55.6 Å². The van der Waals surface area contributed by atoms with Gasteiger partial charge in [0.15, 0.2) is 0 Å². The minimum Gasteiger partial charge on any atom is -0.465 e. The van der Waals surface area contributed by atoms with Crippen LogP contribution in [-0.4, -0.2) is 41.6 Å². The van der Waals surface area contributed by atoms with Gasteiger partial charge in [-0.1, -0.05) is 19.1 Å². The molecule has 0 aliphatic carbocycles. The summed E-state index contributed by atoms with van der Waals surface area (Å²) in [4.78, 5) is 13.8. The molecule has 4 nitrogen and oxygen atoms in total. The number of hydrogen-bond donors (Lipinski definition) is 1. The van der Waals surface area contributed by atoms with Gasteiger partial charge in [-0.05, 0) is 26.8 Å². The van der Waals surface area contributed by atoms with E-state index >= 15 is 0 Å². The van der Waals surface area contributed by atoms with Gasteiger partial charge in [0, 0.05) is 6.54 Å². The largest absolute Gasteiger partial charge is 0.465 e. The summed E-state index contributed by atoms with van der Waals surface area (Å²) < 4.78 is 4.95.